The van der Waals surface area contributed by atoms with Crippen LogP contribution >= 0.6 is 7.60 Å². The van der Waals surface area contributed by atoms with Crippen LogP contribution in [0.15, 0.2) is 11.9 Å². The molecule has 0 aromatic rings. The lowest BCUT2D eigenvalue weighted by Gasteiger charge is -2.08. The summed E-state index contributed by atoms with van der Waals surface area (Å²) in [7, 11) is -4.20. The van der Waals surface area contributed by atoms with Crippen molar-refractivity contribution in [2.24, 2.45) is 5.73 Å². The van der Waals surface area contributed by atoms with Crippen LogP contribution in [-0.2, 0) is 14.1 Å². The van der Waals surface area contributed by atoms with Crippen molar-refractivity contribution in [2.45, 2.75) is 12.5 Å². The van der Waals surface area contributed by atoms with E-state index in [0.29, 0.717) is 5.82 Å². The van der Waals surface area contributed by atoms with Gasteiger partial charge in [-0.3, -0.25) is 9.36 Å². The number of aliphatic hydroxyl groups is 1. The molecule has 0 aromatic carbocycles. The number of rotatable bonds is 6. The molecule has 0 amide bonds. The molecule has 0 aliphatic rings. The second-order valence-corrected chi connectivity index (χ2v) is 4.18. The standard InChI is InChI=1S/C7H14NO6P/c8-6(7(10)14-4-3-9)2-1-5-15(11,12)13/h1,5-6,9H,2-4,8H2,(H2,11,12,13)/b5-1+. The Hall–Kier alpha value is -0.720. The van der Waals surface area contributed by atoms with Gasteiger partial charge < -0.3 is 25.4 Å². The summed E-state index contributed by atoms with van der Waals surface area (Å²) in [6.45, 7) is -0.439. The highest BCUT2D eigenvalue weighted by Gasteiger charge is 2.14. The van der Waals surface area contributed by atoms with Gasteiger partial charge in [0.05, 0.1) is 6.61 Å². The minimum absolute atomic E-state index is 0.0324. The number of nitrogens with two attached hydrogens (primary N) is 1. The highest BCUT2D eigenvalue weighted by atomic mass is 31.2. The summed E-state index contributed by atoms with van der Waals surface area (Å²) in [5.74, 6) is -0.0500. The number of ether oxygens (including phenoxy) is 1. The molecule has 0 aromatic heterocycles. The van der Waals surface area contributed by atoms with Crippen molar-refractivity contribution in [3.8, 4) is 0 Å². The van der Waals surface area contributed by atoms with Gasteiger partial charge in [0.25, 0.3) is 0 Å². The van der Waals surface area contributed by atoms with Crippen LogP contribution in [0.3, 0.4) is 0 Å². The molecule has 0 heterocycles. The normalized spacial score (nSPS) is 14.1. The first-order valence-electron chi connectivity index (χ1n) is 4.13. The summed E-state index contributed by atoms with van der Waals surface area (Å²) in [5.41, 5.74) is 5.33. The average molecular weight is 239 g/mol. The van der Waals surface area contributed by atoms with E-state index in [2.05, 4.69) is 4.74 Å². The molecule has 7 nitrogen and oxygen atoms in total. The minimum Gasteiger partial charge on any atom is -0.462 e. The summed E-state index contributed by atoms with van der Waals surface area (Å²) in [6, 6.07) is -0.987. The quantitative estimate of drug-likeness (QED) is 0.343. The van der Waals surface area contributed by atoms with Crippen LogP contribution in [-0.4, -0.2) is 40.1 Å². The number of hydrogen-bond acceptors (Lipinski definition) is 5. The van der Waals surface area contributed by atoms with Crippen molar-refractivity contribution >= 4 is 13.6 Å². The van der Waals surface area contributed by atoms with Crippen LogP contribution in [0, 0.1) is 0 Å². The van der Waals surface area contributed by atoms with E-state index in [0.717, 1.165) is 6.08 Å². The Kier molecular flexibility index (Phi) is 6.38. The van der Waals surface area contributed by atoms with Crippen molar-refractivity contribution < 1.29 is 29.0 Å². The monoisotopic (exact) mass is 239 g/mol. The molecule has 0 radical (unpaired) electrons. The third-order valence-corrected chi connectivity index (χ3v) is 1.93. The first-order valence-corrected chi connectivity index (χ1v) is 5.81. The molecule has 8 heteroatoms. The lowest BCUT2D eigenvalue weighted by atomic mass is 10.2. The topological polar surface area (TPSA) is 130 Å². The molecule has 5 N–H and O–H groups in total. The molecule has 0 spiro atoms. The largest absolute Gasteiger partial charge is 0.462 e. The number of carbonyl (C=O) groups excluding carboxylic acids is 1. The van der Waals surface area contributed by atoms with Crippen LogP contribution in [0.5, 0.6) is 0 Å². The molecule has 0 fully saturated rings. The third-order valence-electron chi connectivity index (χ3n) is 1.33. The van der Waals surface area contributed by atoms with Crippen LogP contribution in [0.2, 0.25) is 0 Å². The first kappa shape index (κ1) is 14.3. The summed E-state index contributed by atoms with van der Waals surface area (Å²) in [6.07, 6.45) is 1.08. The summed E-state index contributed by atoms with van der Waals surface area (Å²) >= 11 is 0. The zero-order chi connectivity index (χ0) is 11.9. The van der Waals surface area contributed by atoms with Crippen LogP contribution < -0.4 is 5.73 Å². The molecule has 0 saturated carbocycles. The van der Waals surface area contributed by atoms with Crippen molar-refractivity contribution in [1.82, 2.24) is 0 Å². The van der Waals surface area contributed by atoms with E-state index in [4.69, 9.17) is 20.6 Å². The second kappa shape index (κ2) is 6.71. The van der Waals surface area contributed by atoms with Crippen molar-refractivity contribution in [2.75, 3.05) is 13.2 Å². The highest BCUT2D eigenvalue weighted by molar-refractivity contribution is 7.55. The zero-order valence-electron chi connectivity index (χ0n) is 7.94. The molecule has 0 aliphatic heterocycles. The van der Waals surface area contributed by atoms with Gasteiger partial charge in [0.15, 0.2) is 0 Å². The van der Waals surface area contributed by atoms with Gasteiger partial charge in [-0.05, 0) is 6.42 Å². The number of hydrogen-bond donors (Lipinski definition) is 4. The van der Waals surface area contributed by atoms with E-state index in [1.54, 1.807) is 0 Å². The van der Waals surface area contributed by atoms with Gasteiger partial charge in [-0.25, -0.2) is 0 Å². The van der Waals surface area contributed by atoms with Crippen LogP contribution in [0.25, 0.3) is 0 Å². The minimum atomic E-state index is -4.20. The van der Waals surface area contributed by atoms with E-state index in [1.165, 1.54) is 0 Å². The lowest BCUT2D eigenvalue weighted by molar-refractivity contribution is -0.146. The summed E-state index contributed by atoms with van der Waals surface area (Å²) in [4.78, 5) is 27.9. The lowest BCUT2D eigenvalue weighted by Crippen LogP contribution is -2.32. The maximum absolute atomic E-state index is 11.0. The van der Waals surface area contributed by atoms with Crippen molar-refractivity contribution in [3.63, 3.8) is 0 Å². The van der Waals surface area contributed by atoms with Gasteiger partial charge in [0.2, 0.25) is 0 Å². The number of esters is 1. The number of carbonyl (C=O) groups is 1. The molecule has 0 aliphatic carbocycles. The molecule has 0 saturated heterocycles. The Morgan fingerprint density at radius 1 is 1.53 bits per heavy atom. The van der Waals surface area contributed by atoms with E-state index >= 15 is 0 Å². The fraction of sp³-hybridized carbons (Fsp3) is 0.571. The first-order chi connectivity index (χ1) is 6.87. The van der Waals surface area contributed by atoms with Crippen molar-refractivity contribution in [3.05, 3.63) is 11.9 Å². The van der Waals surface area contributed by atoms with Crippen LogP contribution in [0.4, 0.5) is 0 Å². The second-order valence-electron chi connectivity index (χ2n) is 2.71. The molecule has 1 unspecified atom stereocenters. The molecule has 0 bridgehead atoms. The summed E-state index contributed by atoms with van der Waals surface area (Å²) in [5, 5.41) is 8.34. The van der Waals surface area contributed by atoms with Crippen molar-refractivity contribution in [1.29, 1.82) is 0 Å². The molecule has 88 valence electrons. The Bertz CT molecular complexity index is 273. The number of aliphatic hydroxyl groups excluding tert-OH is 1. The average Bonchev–Trinajstić information content (AvgIpc) is 2.11. The molecular weight excluding hydrogens is 225 g/mol. The predicted octanol–water partition coefficient (Wildman–Crippen LogP) is -1.07. The predicted molar refractivity (Wildman–Crippen MR) is 51.8 cm³/mol. The highest BCUT2D eigenvalue weighted by Crippen LogP contribution is 2.35. The van der Waals surface area contributed by atoms with E-state index in [9.17, 15) is 9.36 Å². The van der Waals surface area contributed by atoms with Gasteiger partial charge in [-0.1, -0.05) is 6.08 Å². The van der Waals surface area contributed by atoms with Gasteiger partial charge >= 0.3 is 13.6 Å². The Labute approximate surface area is 86.7 Å². The van der Waals surface area contributed by atoms with Crippen LogP contribution in [0.1, 0.15) is 6.42 Å². The fourth-order valence-corrected chi connectivity index (χ4v) is 1.09. The Morgan fingerprint density at radius 2 is 2.13 bits per heavy atom. The van der Waals surface area contributed by atoms with Gasteiger partial charge in [0.1, 0.15) is 12.6 Å². The van der Waals surface area contributed by atoms with Gasteiger partial charge in [-0.15, -0.1) is 0 Å². The third kappa shape index (κ3) is 8.29. The summed E-state index contributed by atoms with van der Waals surface area (Å²) < 4.78 is 14.9. The smallest absolute Gasteiger partial charge is 0.348 e. The van der Waals surface area contributed by atoms with E-state index in [1.807, 2.05) is 0 Å². The fourth-order valence-electron chi connectivity index (χ4n) is 0.694. The molecule has 0 rings (SSSR count). The Morgan fingerprint density at radius 3 is 2.60 bits per heavy atom. The van der Waals surface area contributed by atoms with E-state index in [-0.39, 0.29) is 19.6 Å². The molecule has 15 heavy (non-hydrogen) atoms. The van der Waals surface area contributed by atoms with Gasteiger partial charge in [0, 0.05) is 5.82 Å². The zero-order valence-corrected chi connectivity index (χ0v) is 8.84. The molecule has 1 atom stereocenters. The SMILES string of the molecule is NC(C/C=C/P(=O)(O)O)C(=O)OCCO. The van der Waals surface area contributed by atoms with Gasteiger partial charge in [-0.2, -0.15) is 0 Å². The Balaban J connectivity index is 3.93. The maximum atomic E-state index is 11.0. The molecular formula is C7H14NO6P. The van der Waals surface area contributed by atoms with E-state index < -0.39 is 19.6 Å². The maximum Gasteiger partial charge on any atom is 0.348 e.